The summed E-state index contributed by atoms with van der Waals surface area (Å²) in [6, 6.07) is 21.5. The van der Waals surface area contributed by atoms with Crippen LogP contribution in [-0.2, 0) is 4.79 Å². The van der Waals surface area contributed by atoms with Crippen LogP contribution < -0.4 is 16.0 Å². The number of carbonyl (C=O) groups is 3. The molecule has 3 N–H and O–H groups in total. The van der Waals surface area contributed by atoms with Gasteiger partial charge in [0.1, 0.15) is 0 Å². The molecule has 0 spiro atoms. The summed E-state index contributed by atoms with van der Waals surface area (Å²) in [6.45, 7) is 5.86. The second kappa shape index (κ2) is 11.2. The average molecular weight is 459 g/mol. The van der Waals surface area contributed by atoms with Gasteiger partial charge in [-0.3, -0.25) is 19.8 Å². The molecule has 0 saturated carbocycles. The van der Waals surface area contributed by atoms with E-state index in [1.165, 1.54) is 0 Å². The van der Waals surface area contributed by atoms with Gasteiger partial charge in [-0.05, 0) is 69.3 Å². The normalized spacial score (nSPS) is 11.6. The van der Waals surface area contributed by atoms with E-state index in [4.69, 9.17) is 0 Å². The summed E-state index contributed by atoms with van der Waals surface area (Å²) in [4.78, 5) is 38.9. The first-order chi connectivity index (χ1) is 16.2. The first-order valence-electron chi connectivity index (χ1n) is 11.1. The number of aryl methyl sites for hydroxylation is 2. The van der Waals surface area contributed by atoms with E-state index >= 15 is 0 Å². The Morgan fingerprint density at radius 2 is 1.62 bits per heavy atom. The number of rotatable bonds is 7. The molecule has 0 aromatic heterocycles. The Bertz CT molecular complexity index is 1180. The monoisotopic (exact) mass is 458 g/mol. The van der Waals surface area contributed by atoms with Crippen LogP contribution in [0, 0.1) is 13.8 Å². The highest BCUT2D eigenvalue weighted by Crippen LogP contribution is 2.22. The van der Waals surface area contributed by atoms with Crippen LogP contribution in [0.5, 0.6) is 0 Å². The summed E-state index contributed by atoms with van der Waals surface area (Å²) in [7, 11) is 1.81. The van der Waals surface area contributed by atoms with Crippen molar-refractivity contribution < 1.29 is 14.4 Å². The highest BCUT2D eigenvalue weighted by molar-refractivity contribution is 6.04. The summed E-state index contributed by atoms with van der Waals surface area (Å²) in [6.07, 6.45) is 0. The fourth-order valence-corrected chi connectivity index (χ4v) is 3.56. The van der Waals surface area contributed by atoms with Gasteiger partial charge in [-0.2, -0.15) is 0 Å². The second-order valence-electron chi connectivity index (χ2n) is 8.36. The largest absolute Gasteiger partial charge is 0.325 e. The molecular weight excluding hydrogens is 428 g/mol. The molecule has 0 radical (unpaired) electrons. The zero-order chi connectivity index (χ0) is 24.7. The molecule has 0 fully saturated rings. The minimum atomic E-state index is -0.566. The molecule has 3 aromatic carbocycles. The van der Waals surface area contributed by atoms with Gasteiger partial charge >= 0.3 is 6.03 Å². The Kier molecular flexibility index (Phi) is 8.16. The summed E-state index contributed by atoms with van der Waals surface area (Å²) < 4.78 is 0. The molecule has 176 valence electrons. The van der Waals surface area contributed by atoms with Crippen molar-refractivity contribution in [1.29, 1.82) is 0 Å². The fraction of sp³-hybridized carbons (Fsp3) is 0.222. The number of nitrogens with one attached hydrogen (secondary N) is 3. The van der Waals surface area contributed by atoms with Crippen LogP contribution in [0.4, 0.5) is 16.2 Å². The number of hydrogen-bond acceptors (Lipinski definition) is 4. The van der Waals surface area contributed by atoms with Crippen LogP contribution >= 0.6 is 0 Å². The second-order valence-corrected chi connectivity index (χ2v) is 8.36. The number of amides is 4. The van der Waals surface area contributed by atoms with Gasteiger partial charge < -0.3 is 10.6 Å². The number of likely N-dealkylation sites (N-methyl/N-ethyl adjacent to an activating group) is 1. The molecule has 0 bridgehead atoms. The molecule has 7 nitrogen and oxygen atoms in total. The average Bonchev–Trinajstić information content (AvgIpc) is 2.81. The number of benzene rings is 3. The van der Waals surface area contributed by atoms with Crippen molar-refractivity contribution in [3.05, 3.63) is 95.1 Å². The fourth-order valence-electron chi connectivity index (χ4n) is 3.56. The molecule has 1 atom stereocenters. The predicted octanol–water partition coefficient (Wildman–Crippen LogP) is 4.90. The lowest BCUT2D eigenvalue weighted by molar-refractivity contribution is -0.121. The predicted molar refractivity (Wildman–Crippen MR) is 135 cm³/mol. The topological polar surface area (TPSA) is 90.5 Å². The van der Waals surface area contributed by atoms with Crippen molar-refractivity contribution in [1.82, 2.24) is 10.2 Å². The molecule has 7 heteroatoms. The highest BCUT2D eigenvalue weighted by Gasteiger charge is 2.17. The third-order valence-corrected chi connectivity index (χ3v) is 5.60. The van der Waals surface area contributed by atoms with E-state index in [-0.39, 0.29) is 18.5 Å². The maximum absolute atomic E-state index is 12.4. The van der Waals surface area contributed by atoms with E-state index in [2.05, 4.69) is 16.0 Å². The molecule has 34 heavy (non-hydrogen) atoms. The highest BCUT2D eigenvalue weighted by atomic mass is 16.2. The number of carbonyl (C=O) groups excluding carboxylic acids is 3. The van der Waals surface area contributed by atoms with E-state index in [1.807, 2.05) is 93.4 Å². The van der Waals surface area contributed by atoms with Crippen LogP contribution in [0.15, 0.2) is 72.8 Å². The van der Waals surface area contributed by atoms with Gasteiger partial charge in [0.05, 0.1) is 6.54 Å². The molecule has 0 saturated heterocycles. The van der Waals surface area contributed by atoms with Crippen molar-refractivity contribution >= 4 is 29.2 Å². The van der Waals surface area contributed by atoms with Gasteiger partial charge in [0, 0.05) is 23.0 Å². The zero-order valence-electron chi connectivity index (χ0n) is 19.9. The molecule has 0 aliphatic heterocycles. The van der Waals surface area contributed by atoms with Crippen molar-refractivity contribution in [2.24, 2.45) is 0 Å². The first-order valence-corrected chi connectivity index (χ1v) is 11.1. The van der Waals surface area contributed by atoms with E-state index < -0.39 is 11.9 Å². The summed E-state index contributed by atoms with van der Waals surface area (Å²) in [5.74, 6) is -0.599. The third-order valence-electron chi connectivity index (χ3n) is 5.60. The molecule has 1 unspecified atom stereocenters. The third kappa shape index (κ3) is 6.76. The van der Waals surface area contributed by atoms with E-state index in [1.54, 1.807) is 12.1 Å². The van der Waals surface area contributed by atoms with Gasteiger partial charge in [0.25, 0.3) is 5.91 Å². The van der Waals surface area contributed by atoms with Crippen LogP contribution in [0.25, 0.3) is 0 Å². The molecule has 4 amide bonds. The van der Waals surface area contributed by atoms with Crippen LogP contribution in [0.3, 0.4) is 0 Å². The molecule has 3 rings (SSSR count). The summed E-state index contributed by atoms with van der Waals surface area (Å²) in [5, 5.41) is 7.99. The van der Waals surface area contributed by atoms with Crippen LogP contribution in [0.1, 0.15) is 40.0 Å². The molecule has 0 heterocycles. The standard InChI is InChI=1S/C27H30N4O3/c1-18-13-14-24(19(2)15-18)29-27(34)30-25(32)17-31(4)20(3)22-11-8-12-23(16-22)28-26(33)21-9-6-5-7-10-21/h5-16,20H,17H2,1-4H3,(H,28,33)(H2,29,30,32,34). The lowest BCUT2D eigenvalue weighted by Gasteiger charge is -2.25. The number of imide groups is 1. The summed E-state index contributed by atoms with van der Waals surface area (Å²) >= 11 is 0. The quantitative estimate of drug-likeness (QED) is 0.470. The Morgan fingerprint density at radius 1 is 0.882 bits per heavy atom. The smallest absolute Gasteiger partial charge is 0.322 e. The Balaban J connectivity index is 1.55. The Hall–Kier alpha value is -3.97. The SMILES string of the molecule is Cc1ccc(NC(=O)NC(=O)CN(C)C(C)c2cccc(NC(=O)c3ccccc3)c2)c(C)c1. The minimum absolute atomic E-state index is 0.0298. The number of hydrogen-bond donors (Lipinski definition) is 3. The number of nitrogens with zero attached hydrogens (tertiary/aromatic N) is 1. The van der Waals surface area contributed by atoms with Gasteiger partial charge in [-0.15, -0.1) is 0 Å². The maximum Gasteiger partial charge on any atom is 0.325 e. The lowest BCUT2D eigenvalue weighted by Crippen LogP contribution is -2.41. The van der Waals surface area contributed by atoms with Gasteiger partial charge in [0.15, 0.2) is 0 Å². The summed E-state index contributed by atoms with van der Waals surface area (Å²) in [5.41, 5.74) is 4.86. The first kappa shape index (κ1) is 24.7. The zero-order valence-corrected chi connectivity index (χ0v) is 19.9. The molecular formula is C27H30N4O3. The van der Waals surface area contributed by atoms with Crippen molar-refractivity contribution in [2.75, 3.05) is 24.2 Å². The lowest BCUT2D eigenvalue weighted by atomic mass is 10.1. The van der Waals surface area contributed by atoms with Gasteiger partial charge in [0.2, 0.25) is 5.91 Å². The molecule has 3 aromatic rings. The van der Waals surface area contributed by atoms with Gasteiger partial charge in [-0.25, -0.2) is 4.79 Å². The Labute approximate surface area is 200 Å². The minimum Gasteiger partial charge on any atom is -0.322 e. The number of anilines is 2. The Morgan fingerprint density at radius 3 is 2.32 bits per heavy atom. The number of urea groups is 1. The maximum atomic E-state index is 12.4. The van der Waals surface area contributed by atoms with Gasteiger partial charge in [-0.1, -0.05) is 48.0 Å². The van der Waals surface area contributed by atoms with E-state index in [0.717, 1.165) is 16.7 Å². The molecule has 0 aliphatic carbocycles. The van der Waals surface area contributed by atoms with Crippen LogP contribution in [0.2, 0.25) is 0 Å². The van der Waals surface area contributed by atoms with E-state index in [0.29, 0.717) is 16.9 Å². The van der Waals surface area contributed by atoms with Crippen molar-refractivity contribution in [2.45, 2.75) is 26.8 Å². The van der Waals surface area contributed by atoms with Crippen molar-refractivity contribution in [3.63, 3.8) is 0 Å². The van der Waals surface area contributed by atoms with E-state index in [9.17, 15) is 14.4 Å². The molecule has 0 aliphatic rings. The van der Waals surface area contributed by atoms with Crippen molar-refractivity contribution in [3.8, 4) is 0 Å². The van der Waals surface area contributed by atoms with Crippen LogP contribution in [-0.4, -0.2) is 36.3 Å².